The monoisotopic (exact) mass is 318 g/mol. The molecular weight excluding hydrogens is 300 g/mol. The molecule has 116 valence electrons. The van der Waals surface area contributed by atoms with Crippen molar-refractivity contribution < 1.29 is 13.2 Å². The Balaban J connectivity index is 2.12. The lowest BCUT2D eigenvalue weighted by molar-refractivity contribution is 0.264. The number of hydrogen-bond donors (Lipinski definition) is 1. The Hall–Kier alpha value is -2.05. The maximum Gasteiger partial charge on any atom is 0.279 e. The Morgan fingerprint density at radius 2 is 1.77 bits per heavy atom. The van der Waals surface area contributed by atoms with Crippen LogP contribution in [0.25, 0.3) is 0 Å². The molecule has 1 heterocycles. The predicted octanol–water partition coefficient (Wildman–Crippen LogP) is 2.48. The molecule has 0 bridgehead atoms. The molecule has 0 saturated heterocycles. The van der Waals surface area contributed by atoms with Gasteiger partial charge in [0.1, 0.15) is 5.75 Å². The molecule has 0 fully saturated rings. The third-order valence-corrected chi connectivity index (χ3v) is 5.32. The van der Waals surface area contributed by atoms with Crippen LogP contribution in [0.2, 0.25) is 0 Å². The Kier molecular flexibility index (Phi) is 4.04. The molecule has 2 aromatic carbocycles. The number of rotatable bonds is 4. The van der Waals surface area contributed by atoms with E-state index in [1.54, 1.807) is 30.3 Å². The number of para-hydroxylation sites is 3. The molecule has 0 aliphatic carbocycles. The van der Waals surface area contributed by atoms with E-state index >= 15 is 0 Å². The average Bonchev–Trinajstić information content (AvgIpc) is 2.53. The van der Waals surface area contributed by atoms with E-state index in [0.717, 1.165) is 0 Å². The van der Waals surface area contributed by atoms with Crippen LogP contribution in [0.15, 0.2) is 54.6 Å². The average molecular weight is 318 g/mol. The molecule has 1 unspecified atom stereocenters. The first-order valence-electron chi connectivity index (χ1n) is 7.20. The maximum atomic E-state index is 12.9. The molecular formula is C16H18N2O3S. The Bertz CT molecular complexity index is 747. The number of anilines is 2. The van der Waals surface area contributed by atoms with E-state index in [-0.39, 0.29) is 6.54 Å². The van der Waals surface area contributed by atoms with Crippen LogP contribution in [0, 0.1) is 0 Å². The largest absolute Gasteiger partial charge is 0.469 e. The van der Waals surface area contributed by atoms with E-state index in [1.165, 1.54) is 4.31 Å². The van der Waals surface area contributed by atoms with Crippen molar-refractivity contribution in [1.82, 2.24) is 5.32 Å². The third kappa shape index (κ3) is 2.55. The normalized spacial score (nSPS) is 19.3. The summed E-state index contributed by atoms with van der Waals surface area (Å²) < 4.78 is 33.0. The summed E-state index contributed by atoms with van der Waals surface area (Å²) in [6.07, 6.45) is 0. The van der Waals surface area contributed by atoms with Gasteiger partial charge in [-0.05, 0) is 30.8 Å². The second kappa shape index (κ2) is 5.98. The molecule has 5 nitrogen and oxygen atoms in total. The van der Waals surface area contributed by atoms with Crippen molar-refractivity contribution >= 4 is 21.4 Å². The van der Waals surface area contributed by atoms with Gasteiger partial charge in [0, 0.05) is 6.54 Å². The molecule has 1 N–H and O–H groups in total. The second-order valence-electron chi connectivity index (χ2n) is 4.97. The molecule has 1 aliphatic rings. The predicted molar refractivity (Wildman–Crippen MR) is 86.9 cm³/mol. The fraction of sp³-hybridized carbons (Fsp3) is 0.250. The fourth-order valence-corrected chi connectivity index (χ4v) is 4.07. The summed E-state index contributed by atoms with van der Waals surface area (Å²) in [7, 11) is -3.65. The van der Waals surface area contributed by atoms with E-state index < -0.39 is 15.5 Å². The van der Waals surface area contributed by atoms with Crippen molar-refractivity contribution in [2.24, 2.45) is 0 Å². The summed E-state index contributed by atoms with van der Waals surface area (Å²) in [5.74, 6) is 0.573. The highest BCUT2D eigenvalue weighted by molar-refractivity contribution is 7.93. The molecule has 6 heteroatoms. The first-order valence-corrected chi connectivity index (χ1v) is 8.70. The maximum absolute atomic E-state index is 12.9. The number of ether oxygens (including phenoxy) is 1. The standard InChI is InChI=1S/C16H18N2O3S/c1-2-17-12-16-21-15-11-7-6-10-14(15)18(22(16,19)20)13-8-4-3-5-9-13/h3-11,16-17H,2,12H2,1H3. The first kappa shape index (κ1) is 14.9. The van der Waals surface area contributed by atoms with Crippen molar-refractivity contribution in [3.63, 3.8) is 0 Å². The summed E-state index contributed by atoms with van der Waals surface area (Å²) in [6, 6.07) is 16.3. The first-order chi connectivity index (χ1) is 10.6. The van der Waals surface area contributed by atoms with Crippen LogP contribution < -0.4 is 14.4 Å². The lowest BCUT2D eigenvalue weighted by Gasteiger charge is -2.35. The smallest absolute Gasteiger partial charge is 0.279 e. The highest BCUT2D eigenvalue weighted by Crippen LogP contribution is 2.41. The van der Waals surface area contributed by atoms with Gasteiger partial charge < -0.3 is 10.1 Å². The lowest BCUT2D eigenvalue weighted by atomic mass is 10.2. The minimum absolute atomic E-state index is 0.247. The summed E-state index contributed by atoms with van der Waals surface area (Å²) in [4.78, 5) is 0. The highest BCUT2D eigenvalue weighted by atomic mass is 32.2. The number of sulfonamides is 1. The zero-order valence-corrected chi connectivity index (χ0v) is 13.1. The summed E-state index contributed by atoms with van der Waals surface area (Å²) in [6.45, 7) is 2.86. The van der Waals surface area contributed by atoms with Crippen molar-refractivity contribution in [3.05, 3.63) is 54.6 Å². The lowest BCUT2D eigenvalue weighted by Crippen LogP contribution is -2.47. The van der Waals surface area contributed by atoms with Gasteiger partial charge in [-0.3, -0.25) is 0 Å². The van der Waals surface area contributed by atoms with Gasteiger partial charge in [-0.25, -0.2) is 12.7 Å². The van der Waals surface area contributed by atoms with Gasteiger partial charge in [0.2, 0.25) is 5.44 Å². The summed E-state index contributed by atoms with van der Waals surface area (Å²) in [5.41, 5.74) is 0.212. The molecule has 0 saturated carbocycles. The van der Waals surface area contributed by atoms with Gasteiger partial charge in [-0.15, -0.1) is 0 Å². The molecule has 3 rings (SSSR count). The van der Waals surface area contributed by atoms with Gasteiger partial charge in [-0.1, -0.05) is 37.3 Å². The van der Waals surface area contributed by atoms with Crippen molar-refractivity contribution in [2.75, 3.05) is 17.4 Å². The van der Waals surface area contributed by atoms with Crippen molar-refractivity contribution in [1.29, 1.82) is 0 Å². The van der Waals surface area contributed by atoms with Crippen molar-refractivity contribution in [2.45, 2.75) is 12.4 Å². The number of nitrogens with zero attached hydrogens (tertiary/aromatic N) is 1. The molecule has 0 radical (unpaired) electrons. The van der Waals surface area contributed by atoms with Crippen LogP contribution in [0.5, 0.6) is 5.75 Å². The van der Waals surface area contributed by atoms with Gasteiger partial charge >= 0.3 is 0 Å². The van der Waals surface area contributed by atoms with Crippen LogP contribution in [0.3, 0.4) is 0 Å². The molecule has 1 aliphatic heterocycles. The number of likely N-dealkylation sites (N-methyl/N-ethyl adjacent to an activating group) is 1. The number of nitrogens with one attached hydrogen (secondary N) is 1. The Labute approximate surface area is 130 Å². The Morgan fingerprint density at radius 1 is 1.09 bits per heavy atom. The number of fused-ring (bicyclic) bond motifs is 1. The quantitative estimate of drug-likeness (QED) is 0.941. The SMILES string of the molecule is CCNCC1Oc2ccccc2N(c2ccccc2)S1(=O)=O. The van der Waals surface area contributed by atoms with Crippen LogP contribution in [-0.2, 0) is 10.0 Å². The highest BCUT2D eigenvalue weighted by Gasteiger charge is 2.40. The van der Waals surface area contributed by atoms with Crippen LogP contribution in [0.4, 0.5) is 11.4 Å². The molecule has 2 aromatic rings. The zero-order chi connectivity index (χ0) is 15.6. The minimum atomic E-state index is -3.65. The molecule has 0 amide bonds. The molecule has 0 spiro atoms. The topological polar surface area (TPSA) is 58.6 Å². The summed E-state index contributed by atoms with van der Waals surface area (Å²) in [5, 5.41) is 3.05. The Morgan fingerprint density at radius 3 is 2.50 bits per heavy atom. The van der Waals surface area contributed by atoms with E-state index in [2.05, 4.69) is 5.32 Å². The number of hydrogen-bond acceptors (Lipinski definition) is 4. The minimum Gasteiger partial charge on any atom is -0.469 e. The van der Waals surface area contributed by atoms with Gasteiger partial charge in [0.05, 0.1) is 11.4 Å². The fourth-order valence-electron chi connectivity index (χ4n) is 2.44. The van der Waals surface area contributed by atoms with Crippen LogP contribution in [0.1, 0.15) is 6.92 Å². The summed E-state index contributed by atoms with van der Waals surface area (Å²) >= 11 is 0. The van der Waals surface area contributed by atoms with Crippen molar-refractivity contribution in [3.8, 4) is 5.75 Å². The van der Waals surface area contributed by atoms with Crippen LogP contribution >= 0.6 is 0 Å². The molecule has 1 atom stereocenters. The van der Waals surface area contributed by atoms with E-state index in [1.807, 2.05) is 31.2 Å². The van der Waals surface area contributed by atoms with E-state index in [0.29, 0.717) is 23.7 Å². The zero-order valence-electron chi connectivity index (χ0n) is 12.3. The van der Waals surface area contributed by atoms with E-state index in [4.69, 9.17) is 4.74 Å². The van der Waals surface area contributed by atoms with Crippen LogP contribution in [-0.4, -0.2) is 26.9 Å². The third-order valence-electron chi connectivity index (χ3n) is 3.48. The van der Waals surface area contributed by atoms with E-state index in [9.17, 15) is 8.42 Å². The van der Waals surface area contributed by atoms with Gasteiger partial charge in [0.15, 0.2) is 0 Å². The number of benzene rings is 2. The molecule has 22 heavy (non-hydrogen) atoms. The molecule has 0 aromatic heterocycles. The second-order valence-corrected chi connectivity index (χ2v) is 6.89. The van der Waals surface area contributed by atoms with Gasteiger partial charge in [0.25, 0.3) is 10.0 Å². The van der Waals surface area contributed by atoms with Gasteiger partial charge in [-0.2, -0.15) is 0 Å².